The molecule has 16 heavy (non-hydrogen) atoms. The Labute approximate surface area is 104 Å². The fraction of sp³-hybridized carbons (Fsp3) is 1.00. The van der Waals surface area contributed by atoms with Crippen LogP contribution in [0, 0.1) is 0 Å². The number of nitrogens with zero attached hydrogens (tertiary/aromatic N) is 1. The molecule has 94 valence electrons. The molecular weight excluding hydrogens is 216 g/mol. The standard InChI is InChI=1S/C13H26N2S/c1-12-11-16-10-9-15(12)8-7-13(14)5-3-2-4-6-13/h12H,2-11,14H2,1H3. The van der Waals surface area contributed by atoms with Gasteiger partial charge in [-0.25, -0.2) is 0 Å². The predicted molar refractivity (Wildman–Crippen MR) is 73.0 cm³/mol. The molecule has 1 heterocycles. The molecule has 0 radical (unpaired) electrons. The summed E-state index contributed by atoms with van der Waals surface area (Å²) in [5, 5.41) is 0. The maximum atomic E-state index is 6.49. The maximum Gasteiger partial charge on any atom is 0.0166 e. The summed E-state index contributed by atoms with van der Waals surface area (Å²) in [6, 6.07) is 0.756. The second-order valence-electron chi connectivity index (χ2n) is 5.63. The van der Waals surface area contributed by atoms with Crippen molar-refractivity contribution in [1.82, 2.24) is 4.90 Å². The summed E-state index contributed by atoms with van der Waals surface area (Å²) in [7, 11) is 0. The van der Waals surface area contributed by atoms with E-state index in [2.05, 4.69) is 23.6 Å². The molecule has 2 nitrogen and oxygen atoms in total. The van der Waals surface area contributed by atoms with Crippen LogP contribution in [0.3, 0.4) is 0 Å². The van der Waals surface area contributed by atoms with E-state index in [1.54, 1.807) is 0 Å². The Balaban J connectivity index is 1.76. The Morgan fingerprint density at radius 3 is 2.75 bits per heavy atom. The third-order valence-corrected chi connectivity index (χ3v) is 5.44. The highest BCUT2D eigenvalue weighted by molar-refractivity contribution is 7.99. The van der Waals surface area contributed by atoms with Crippen molar-refractivity contribution in [3.8, 4) is 0 Å². The first-order valence-corrected chi connectivity index (χ1v) is 7.96. The van der Waals surface area contributed by atoms with Gasteiger partial charge in [-0.2, -0.15) is 11.8 Å². The van der Waals surface area contributed by atoms with Crippen molar-refractivity contribution in [1.29, 1.82) is 0 Å². The van der Waals surface area contributed by atoms with E-state index in [-0.39, 0.29) is 5.54 Å². The monoisotopic (exact) mass is 242 g/mol. The minimum absolute atomic E-state index is 0.169. The van der Waals surface area contributed by atoms with Crippen LogP contribution >= 0.6 is 11.8 Å². The quantitative estimate of drug-likeness (QED) is 0.824. The lowest BCUT2D eigenvalue weighted by Gasteiger charge is -2.38. The summed E-state index contributed by atoms with van der Waals surface area (Å²) in [6.07, 6.45) is 7.81. The van der Waals surface area contributed by atoms with Gasteiger partial charge in [0.25, 0.3) is 0 Å². The Hall–Kier alpha value is 0.270. The molecular formula is C13H26N2S. The SMILES string of the molecule is CC1CSCCN1CCC1(N)CCCCC1. The summed E-state index contributed by atoms with van der Waals surface area (Å²) in [4.78, 5) is 2.64. The van der Waals surface area contributed by atoms with Crippen LogP contribution in [-0.2, 0) is 0 Å². The summed E-state index contributed by atoms with van der Waals surface area (Å²) in [5.41, 5.74) is 6.66. The van der Waals surface area contributed by atoms with Gasteiger partial charge in [0.15, 0.2) is 0 Å². The van der Waals surface area contributed by atoms with Crippen molar-refractivity contribution in [2.24, 2.45) is 5.73 Å². The first-order valence-electron chi connectivity index (χ1n) is 6.80. The van der Waals surface area contributed by atoms with E-state index < -0.39 is 0 Å². The number of thioether (sulfide) groups is 1. The van der Waals surface area contributed by atoms with E-state index in [9.17, 15) is 0 Å². The highest BCUT2D eigenvalue weighted by Gasteiger charge is 2.28. The highest BCUT2D eigenvalue weighted by atomic mass is 32.2. The Bertz CT molecular complexity index is 214. The largest absolute Gasteiger partial charge is 0.325 e. The van der Waals surface area contributed by atoms with Gasteiger partial charge in [0.2, 0.25) is 0 Å². The minimum atomic E-state index is 0.169. The van der Waals surface area contributed by atoms with Crippen LogP contribution in [-0.4, -0.2) is 41.1 Å². The number of hydrogen-bond acceptors (Lipinski definition) is 3. The van der Waals surface area contributed by atoms with Crippen LogP contribution in [0.15, 0.2) is 0 Å². The zero-order chi connectivity index (χ0) is 11.4. The number of nitrogens with two attached hydrogens (primary N) is 1. The molecule has 0 spiro atoms. The topological polar surface area (TPSA) is 29.3 Å². The van der Waals surface area contributed by atoms with Gasteiger partial charge in [0.05, 0.1) is 0 Å². The van der Waals surface area contributed by atoms with E-state index in [0.29, 0.717) is 0 Å². The molecule has 0 aromatic heterocycles. The van der Waals surface area contributed by atoms with E-state index in [0.717, 1.165) is 6.04 Å². The van der Waals surface area contributed by atoms with Crippen LogP contribution < -0.4 is 5.73 Å². The van der Waals surface area contributed by atoms with Crippen molar-refractivity contribution >= 4 is 11.8 Å². The molecule has 1 atom stereocenters. The summed E-state index contributed by atoms with van der Waals surface area (Å²) < 4.78 is 0. The van der Waals surface area contributed by atoms with Crippen molar-refractivity contribution < 1.29 is 0 Å². The van der Waals surface area contributed by atoms with E-state index in [1.807, 2.05) is 0 Å². The second-order valence-corrected chi connectivity index (χ2v) is 6.78. The first-order chi connectivity index (χ1) is 7.70. The van der Waals surface area contributed by atoms with Crippen LogP contribution in [0.4, 0.5) is 0 Å². The number of hydrogen-bond donors (Lipinski definition) is 1. The van der Waals surface area contributed by atoms with Gasteiger partial charge in [-0.3, -0.25) is 4.90 Å². The van der Waals surface area contributed by atoms with Crippen LogP contribution in [0.1, 0.15) is 45.4 Å². The second kappa shape index (κ2) is 5.74. The smallest absolute Gasteiger partial charge is 0.0166 e. The third-order valence-electron chi connectivity index (χ3n) is 4.25. The van der Waals surface area contributed by atoms with Crippen molar-refractivity contribution in [3.63, 3.8) is 0 Å². The molecule has 2 rings (SSSR count). The van der Waals surface area contributed by atoms with Crippen LogP contribution in [0.25, 0.3) is 0 Å². The molecule has 0 amide bonds. The summed E-state index contributed by atoms with van der Waals surface area (Å²) in [6.45, 7) is 4.84. The third kappa shape index (κ3) is 3.38. The molecule has 3 heteroatoms. The Morgan fingerprint density at radius 2 is 2.06 bits per heavy atom. The average molecular weight is 242 g/mol. The van der Waals surface area contributed by atoms with E-state index in [4.69, 9.17) is 5.73 Å². The highest BCUT2D eigenvalue weighted by Crippen LogP contribution is 2.29. The van der Waals surface area contributed by atoms with Gasteiger partial charge >= 0.3 is 0 Å². The lowest BCUT2D eigenvalue weighted by atomic mass is 9.80. The first kappa shape index (κ1) is 12.7. The summed E-state index contributed by atoms with van der Waals surface area (Å²) >= 11 is 2.09. The molecule has 2 N–H and O–H groups in total. The van der Waals surface area contributed by atoms with Gasteiger partial charge < -0.3 is 5.73 Å². The van der Waals surface area contributed by atoms with Crippen LogP contribution in [0.2, 0.25) is 0 Å². The molecule has 1 saturated heterocycles. The molecule has 1 aliphatic heterocycles. The fourth-order valence-corrected chi connectivity index (χ4v) is 4.05. The van der Waals surface area contributed by atoms with Gasteiger partial charge in [0.1, 0.15) is 0 Å². The Kier molecular flexibility index (Phi) is 4.57. The molecule has 0 aromatic rings. The Morgan fingerprint density at radius 1 is 1.31 bits per heavy atom. The van der Waals surface area contributed by atoms with Gasteiger partial charge in [-0.05, 0) is 26.2 Å². The fourth-order valence-electron chi connectivity index (χ4n) is 2.97. The lowest BCUT2D eigenvalue weighted by molar-refractivity contribution is 0.185. The van der Waals surface area contributed by atoms with E-state index in [1.165, 1.54) is 63.1 Å². The van der Waals surface area contributed by atoms with E-state index >= 15 is 0 Å². The van der Waals surface area contributed by atoms with Crippen LogP contribution in [0.5, 0.6) is 0 Å². The molecule has 2 aliphatic rings. The molecule has 0 bridgehead atoms. The average Bonchev–Trinajstić information content (AvgIpc) is 2.29. The molecule has 1 unspecified atom stereocenters. The number of rotatable bonds is 3. The molecule has 2 fully saturated rings. The molecule has 0 aromatic carbocycles. The zero-order valence-electron chi connectivity index (χ0n) is 10.6. The van der Waals surface area contributed by atoms with Gasteiger partial charge in [-0.15, -0.1) is 0 Å². The van der Waals surface area contributed by atoms with Gasteiger partial charge in [-0.1, -0.05) is 19.3 Å². The summed E-state index contributed by atoms with van der Waals surface area (Å²) in [5.74, 6) is 2.61. The van der Waals surface area contributed by atoms with Crippen molar-refractivity contribution in [2.75, 3.05) is 24.6 Å². The normalized spacial score (nSPS) is 31.5. The van der Waals surface area contributed by atoms with Gasteiger partial charge in [0, 0.05) is 36.2 Å². The maximum absolute atomic E-state index is 6.49. The van der Waals surface area contributed by atoms with Crippen molar-refractivity contribution in [2.45, 2.75) is 57.0 Å². The molecule has 1 saturated carbocycles. The minimum Gasteiger partial charge on any atom is -0.325 e. The zero-order valence-corrected chi connectivity index (χ0v) is 11.4. The lowest BCUT2D eigenvalue weighted by Crippen LogP contribution is -2.47. The predicted octanol–water partition coefficient (Wildman–Crippen LogP) is 2.48. The van der Waals surface area contributed by atoms with Crippen molar-refractivity contribution in [3.05, 3.63) is 0 Å². The molecule has 1 aliphatic carbocycles.